The summed E-state index contributed by atoms with van der Waals surface area (Å²) in [7, 11) is 0. The van der Waals surface area contributed by atoms with E-state index in [9.17, 15) is 9.18 Å². The van der Waals surface area contributed by atoms with Crippen LogP contribution in [0, 0.1) is 5.82 Å². The highest BCUT2D eigenvalue weighted by Crippen LogP contribution is 2.17. The quantitative estimate of drug-likeness (QED) is 0.745. The van der Waals surface area contributed by atoms with Gasteiger partial charge in [0, 0.05) is 5.75 Å². The van der Waals surface area contributed by atoms with Gasteiger partial charge in [0.05, 0.1) is 12.6 Å². The minimum absolute atomic E-state index is 0.0483. The summed E-state index contributed by atoms with van der Waals surface area (Å²) < 4.78 is 12.7. The van der Waals surface area contributed by atoms with Crippen LogP contribution in [-0.2, 0) is 10.5 Å². The predicted octanol–water partition coefficient (Wildman–Crippen LogP) is 0.737. The number of carbonyl (C=O) groups excluding carboxylic acids is 1. The van der Waals surface area contributed by atoms with Gasteiger partial charge in [-0.1, -0.05) is 12.1 Å². The Kier molecular flexibility index (Phi) is 3.98. The van der Waals surface area contributed by atoms with E-state index in [2.05, 4.69) is 10.6 Å². The first kappa shape index (κ1) is 12.3. The Hall–Kier alpha value is -1.11. The van der Waals surface area contributed by atoms with Crippen LogP contribution in [0.3, 0.4) is 0 Å². The molecule has 1 saturated heterocycles. The average Bonchev–Trinajstić information content (AvgIpc) is 2.27. The number of carbonyl (C=O) groups is 1. The van der Waals surface area contributed by atoms with Crippen LogP contribution in [0.2, 0.25) is 0 Å². The summed E-state index contributed by atoms with van der Waals surface area (Å²) in [5, 5.41) is 5.85. The number of nitrogens with two attached hydrogens (primary N) is 1. The van der Waals surface area contributed by atoms with E-state index in [4.69, 9.17) is 5.73 Å². The van der Waals surface area contributed by atoms with Gasteiger partial charge in [-0.25, -0.2) is 4.39 Å². The maximum Gasteiger partial charge on any atom is 0.224 e. The molecule has 17 heavy (non-hydrogen) atoms. The van der Waals surface area contributed by atoms with Crippen molar-refractivity contribution >= 4 is 17.7 Å². The highest BCUT2D eigenvalue weighted by molar-refractivity contribution is 7.99. The molecular formula is C11H14FN3OS. The predicted molar refractivity (Wildman–Crippen MR) is 65.4 cm³/mol. The largest absolute Gasteiger partial charge is 0.332 e. The Labute approximate surface area is 103 Å². The van der Waals surface area contributed by atoms with Crippen molar-refractivity contribution in [1.29, 1.82) is 0 Å². The monoisotopic (exact) mass is 255 g/mol. The number of nitrogens with one attached hydrogen (secondary N) is 2. The number of halogens is 1. The summed E-state index contributed by atoms with van der Waals surface area (Å²) in [6.45, 7) is 0. The number of amides is 1. The number of hydrogen-bond acceptors (Lipinski definition) is 4. The fourth-order valence-electron chi connectivity index (χ4n) is 1.55. The molecule has 0 bridgehead atoms. The second-order valence-corrected chi connectivity index (χ2v) is 4.96. The van der Waals surface area contributed by atoms with Gasteiger partial charge in [0.15, 0.2) is 0 Å². The minimum Gasteiger partial charge on any atom is -0.332 e. The van der Waals surface area contributed by atoms with Crippen molar-refractivity contribution in [1.82, 2.24) is 10.6 Å². The Bertz CT molecular complexity index is 398. The van der Waals surface area contributed by atoms with E-state index in [1.54, 1.807) is 12.1 Å². The molecule has 0 saturated carbocycles. The molecule has 0 radical (unpaired) electrons. The molecule has 1 aliphatic rings. The molecule has 4 nitrogen and oxygen atoms in total. The Balaban J connectivity index is 1.85. The molecule has 2 unspecified atom stereocenters. The summed E-state index contributed by atoms with van der Waals surface area (Å²) in [5.41, 5.74) is 6.49. The third kappa shape index (κ3) is 3.69. The molecular weight excluding hydrogens is 241 g/mol. The molecule has 1 heterocycles. The van der Waals surface area contributed by atoms with Crippen molar-refractivity contribution in [3.05, 3.63) is 35.6 Å². The maximum absolute atomic E-state index is 12.7. The van der Waals surface area contributed by atoms with Crippen molar-refractivity contribution in [2.75, 3.05) is 0 Å². The van der Waals surface area contributed by atoms with Crippen LogP contribution in [0.1, 0.15) is 12.0 Å². The van der Waals surface area contributed by atoms with E-state index < -0.39 is 0 Å². The van der Waals surface area contributed by atoms with Gasteiger partial charge in [0.2, 0.25) is 5.91 Å². The molecule has 0 aliphatic carbocycles. The van der Waals surface area contributed by atoms with Crippen molar-refractivity contribution in [2.24, 2.45) is 5.73 Å². The van der Waals surface area contributed by atoms with Crippen LogP contribution in [0.4, 0.5) is 4.39 Å². The fraction of sp³-hybridized carbons (Fsp3) is 0.364. The minimum atomic E-state index is -0.297. The van der Waals surface area contributed by atoms with E-state index in [1.165, 1.54) is 23.9 Å². The lowest BCUT2D eigenvalue weighted by atomic mass is 10.2. The molecule has 1 aromatic carbocycles. The van der Waals surface area contributed by atoms with Crippen LogP contribution < -0.4 is 16.4 Å². The second kappa shape index (κ2) is 5.48. The van der Waals surface area contributed by atoms with Gasteiger partial charge in [-0.05, 0) is 17.7 Å². The van der Waals surface area contributed by atoms with Crippen LogP contribution in [0.5, 0.6) is 0 Å². The standard InChI is InChI=1S/C11H14FN3OS/c12-8-3-1-7(2-4-8)6-17-11-14-9(13)5-10(16)15-11/h1-4,9,11,14H,5-6,13H2,(H,15,16). The molecule has 1 amide bonds. The van der Waals surface area contributed by atoms with Crippen LogP contribution in [0.15, 0.2) is 24.3 Å². The number of thioether (sulfide) groups is 1. The summed E-state index contributed by atoms with van der Waals surface area (Å²) in [5.74, 6) is 0.392. The Morgan fingerprint density at radius 2 is 2.12 bits per heavy atom. The lowest BCUT2D eigenvalue weighted by molar-refractivity contribution is -0.123. The average molecular weight is 255 g/mol. The number of rotatable bonds is 3. The Morgan fingerprint density at radius 1 is 1.41 bits per heavy atom. The van der Waals surface area contributed by atoms with Crippen LogP contribution in [-0.4, -0.2) is 17.6 Å². The summed E-state index contributed by atoms with van der Waals surface area (Å²) in [4.78, 5) is 11.2. The van der Waals surface area contributed by atoms with Crippen molar-refractivity contribution in [3.63, 3.8) is 0 Å². The molecule has 1 aliphatic heterocycles. The highest BCUT2D eigenvalue weighted by Gasteiger charge is 2.22. The fourth-order valence-corrected chi connectivity index (χ4v) is 2.59. The SMILES string of the molecule is NC1CC(=O)NC(SCc2ccc(F)cc2)N1. The third-order valence-electron chi connectivity index (χ3n) is 2.39. The van der Waals surface area contributed by atoms with Gasteiger partial charge < -0.3 is 11.1 Å². The number of hydrogen-bond donors (Lipinski definition) is 3. The van der Waals surface area contributed by atoms with Gasteiger partial charge in [0.1, 0.15) is 11.3 Å². The van der Waals surface area contributed by atoms with Gasteiger partial charge in [-0.2, -0.15) is 0 Å². The zero-order valence-electron chi connectivity index (χ0n) is 9.15. The van der Waals surface area contributed by atoms with Gasteiger partial charge >= 0.3 is 0 Å². The molecule has 2 atom stereocenters. The summed E-state index contributed by atoms with van der Waals surface area (Å²) in [6, 6.07) is 6.31. The highest BCUT2D eigenvalue weighted by atomic mass is 32.2. The van der Waals surface area contributed by atoms with E-state index in [1.807, 2.05) is 0 Å². The lowest BCUT2D eigenvalue weighted by Gasteiger charge is -2.28. The first-order valence-corrected chi connectivity index (χ1v) is 6.35. The topological polar surface area (TPSA) is 67.2 Å². The van der Waals surface area contributed by atoms with Crippen LogP contribution in [0.25, 0.3) is 0 Å². The van der Waals surface area contributed by atoms with Gasteiger partial charge in [0.25, 0.3) is 0 Å². The van der Waals surface area contributed by atoms with Crippen molar-refractivity contribution in [2.45, 2.75) is 23.8 Å². The van der Waals surface area contributed by atoms with Gasteiger partial charge in [-0.15, -0.1) is 11.8 Å². The van der Waals surface area contributed by atoms with E-state index in [0.717, 1.165) is 5.56 Å². The molecule has 6 heteroatoms. The zero-order valence-corrected chi connectivity index (χ0v) is 9.97. The second-order valence-electron chi connectivity index (χ2n) is 3.86. The Morgan fingerprint density at radius 3 is 2.76 bits per heavy atom. The molecule has 0 spiro atoms. The normalized spacial score (nSPS) is 24.5. The molecule has 1 aromatic rings. The first-order chi connectivity index (χ1) is 8.13. The smallest absolute Gasteiger partial charge is 0.224 e. The molecule has 1 fully saturated rings. The molecule has 0 aromatic heterocycles. The third-order valence-corrected chi connectivity index (χ3v) is 3.48. The summed E-state index contributed by atoms with van der Waals surface area (Å²) in [6.07, 6.45) is 0.00243. The lowest BCUT2D eigenvalue weighted by Crippen LogP contribution is -2.57. The van der Waals surface area contributed by atoms with Crippen molar-refractivity contribution < 1.29 is 9.18 Å². The molecule has 4 N–H and O–H groups in total. The van der Waals surface area contributed by atoms with Crippen molar-refractivity contribution in [3.8, 4) is 0 Å². The first-order valence-electron chi connectivity index (χ1n) is 5.30. The molecule has 92 valence electrons. The molecule has 2 rings (SSSR count). The van der Waals surface area contributed by atoms with Gasteiger partial charge in [-0.3, -0.25) is 10.1 Å². The van der Waals surface area contributed by atoms with E-state index in [0.29, 0.717) is 12.2 Å². The summed E-state index contributed by atoms with van der Waals surface area (Å²) >= 11 is 1.52. The maximum atomic E-state index is 12.7. The van der Waals surface area contributed by atoms with E-state index in [-0.39, 0.29) is 23.4 Å². The van der Waals surface area contributed by atoms with E-state index >= 15 is 0 Å². The zero-order chi connectivity index (χ0) is 12.3. The van der Waals surface area contributed by atoms with Crippen LogP contribution >= 0.6 is 11.8 Å². The number of benzene rings is 1.